The predicted molar refractivity (Wildman–Crippen MR) is 135 cm³/mol. The van der Waals surface area contributed by atoms with Crippen LogP contribution in [0.25, 0.3) is 32.9 Å². The van der Waals surface area contributed by atoms with Crippen LogP contribution >= 0.6 is 0 Å². The average Bonchev–Trinajstić information content (AvgIpc) is 3.29. The lowest BCUT2D eigenvalue weighted by Gasteiger charge is -2.12. The summed E-state index contributed by atoms with van der Waals surface area (Å²) in [5.74, 6) is -0.614. The highest BCUT2D eigenvalue weighted by atomic mass is 16.3. The SMILES string of the molecule is CN(C)CCCCCCn1c2ccc(O)cc2c2c3c(c(-c4ccccc4)cc21)C(=O)NC3=O. The monoisotopic (exact) mass is 455 g/mol. The first kappa shape index (κ1) is 22.2. The van der Waals surface area contributed by atoms with Gasteiger partial charge >= 0.3 is 0 Å². The fraction of sp³-hybridized carbons (Fsp3) is 0.286. The van der Waals surface area contributed by atoms with Crippen LogP contribution in [0, 0.1) is 0 Å². The standard InChI is InChI=1S/C28H29N3O3/c1-30(2)14-8-3-4-9-15-31-22-13-12-19(32)16-21(22)24-23(31)17-20(18-10-6-5-7-11-18)25-26(24)28(34)29-27(25)33/h5-7,10-13,16-17,32H,3-4,8-9,14-15H2,1-2H3,(H,29,33,34). The van der Waals surface area contributed by atoms with Gasteiger partial charge in [-0.15, -0.1) is 0 Å². The molecule has 2 N–H and O–H groups in total. The third kappa shape index (κ3) is 3.84. The Morgan fingerprint density at radius 3 is 2.35 bits per heavy atom. The van der Waals surface area contributed by atoms with E-state index in [-0.39, 0.29) is 17.6 Å². The molecule has 174 valence electrons. The van der Waals surface area contributed by atoms with Crippen molar-refractivity contribution < 1.29 is 14.7 Å². The minimum Gasteiger partial charge on any atom is -0.508 e. The summed E-state index contributed by atoms with van der Waals surface area (Å²) in [5, 5.41) is 14.3. The summed E-state index contributed by atoms with van der Waals surface area (Å²) in [7, 11) is 4.19. The third-order valence-corrected chi connectivity index (χ3v) is 6.64. The maximum absolute atomic E-state index is 13.0. The van der Waals surface area contributed by atoms with Crippen LogP contribution in [0.15, 0.2) is 54.6 Å². The highest BCUT2D eigenvalue weighted by Crippen LogP contribution is 2.41. The summed E-state index contributed by atoms with van der Waals surface area (Å²) in [5.41, 5.74) is 4.34. The van der Waals surface area contributed by atoms with Gasteiger partial charge < -0.3 is 14.6 Å². The zero-order valence-corrected chi connectivity index (χ0v) is 19.6. The van der Waals surface area contributed by atoms with Crippen molar-refractivity contribution in [1.82, 2.24) is 14.8 Å². The number of amides is 2. The Bertz CT molecular complexity index is 1400. The zero-order valence-electron chi connectivity index (χ0n) is 19.6. The van der Waals surface area contributed by atoms with Crippen LogP contribution in [0.2, 0.25) is 0 Å². The van der Waals surface area contributed by atoms with E-state index in [1.54, 1.807) is 12.1 Å². The number of benzene rings is 3. The molecule has 0 aliphatic carbocycles. The Hall–Kier alpha value is -3.64. The van der Waals surface area contributed by atoms with Crippen LogP contribution in [-0.4, -0.2) is 47.0 Å². The van der Waals surface area contributed by atoms with Gasteiger partial charge in [-0.1, -0.05) is 43.2 Å². The molecule has 0 fully saturated rings. The molecular weight excluding hydrogens is 426 g/mol. The molecule has 2 heterocycles. The molecule has 6 nitrogen and oxygen atoms in total. The smallest absolute Gasteiger partial charge is 0.259 e. The maximum Gasteiger partial charge on any atom is 0.259 e. The summed E-state index contributed by atoms with van der Waals surface area (Å²) >= 11 is 0. The van der Waals surface area contributed by atoms with Crippen LogP contribution in [-0.2, 0) is 6.54 Å². The molecular formula is C28H29N3O3. The number of aromatic hydroxyl groups is 1. The largest absolute Gasteiger partial charge is 0.508 e. The van der Waals surface area contributed by atoms with Crippen LogP contribution < -0.4 is 5.32 Å². The molecule has 3 aromatic carbocycles. The second-order valence-electron chi connectivity index (χ2n) is 9.29. The van der Waals surface area contributed by atoms with Crippen LogP contribution in [0.5, 0.6) is 5.75 Å². The zero-order chi connectivity index (χ0) is 23.8. The molecule has 2 amide bonds. The first-order chi connectivity index (χ1) is 16.5. The molecule has 1 aliphatic heterocycles. The van der Waals surface area contributed by atoms with E-state index in [2.05, 4.69) is 28.9 Å². The predicted octanol–water partition coefficient (Wildman–Crippen LogP) is 5.17. The quantitative estimate of drug-likeness (QED) is 0.284. The number of fused-ring (bicyclic) bond motifs is 5. The first-order valence-electron chi connectivity index (χ1n) is 11.8. The van der Waals surface area contributed by atoms with E-state index in [0.717, 1.165) is 65.3 Å². The number of nitrogens with zero attached hydrogens (tertiary/aromatic N) is 2. The Balaban J connectivity index is 1.66. The molecule has 34 heavy (non-hydrogen) atoms. The minimum absolute atomic E-state index is 0.140. The van der Waals surface area contributed by atoms with Gasteiger partial charge in [0.05, 0.1) is 16.6 Å². The van der Waals surface area contributed by atoms with Crippen molar-refractivity contribution in [3.8, 4) is 16.9 Å². The normalized spacial score (nSPS) is 13.3. The summed E-state index contributed by atoms with van der Waals surface area (Å²) < 4.78 is 2.23. The van der Waals surface area contributed by atoms with E-state index in [4.69, 9.17) is 0 Å². The number of hydrogen-bond acceptors (Lipinski definition) is 4. The van der Waals surface area contributed by atoms with E-state index < -0.39 is 0 Å². The number of carbonyl (C=O) groups excluding carboxylic acids is 2. The van der Waals surface area contributed by atoms with E-state index >= 15 is 0 Å². The Labute approximate surface area is 198 Å². The second kappa shape index (κ2) is 8.95. The minimum atomic E-state index is -0.381. The summed E-state index contributed by atoms with van der Waals surface area (Å²) in [4.78, 5) is 28.0. The number of phenols is 1. The molecule has 0 atom stereocenters. The lowest BCUT2D eigenvalue weighted by Crippen LogP contribution is -2.20. The van der Waals surface area contributed by atoms with Crippen molar-refractivity contribution in [2.24, 2.45) is 0 Å². The van der Waals surface area contributed by atoms with Gasteiger partial charge in [0.1, 0.15) is 5.75 Å². The Kier molecular flexibility index (Phi) is 5.84. The second-order valence-corrected chi connectivity index (χ2v) is 9.29. The summed E-state index contributed by atoms with van der Waals surface area (Å²) in [6.45, 7) is 1.89. The summed E-state index contributed by atoms with van der Waals surface area (Å²) in [6.07, 6.45) is 4.46. The molecule has 1 aliphatic rings. The van der Waals surface area contributed by atoms with Gasteiger partial charge in [0, 0.05) is 22.8 Å². The number of aromatic nitrogens is 1. The molecule has 5 rings (SSSR count). The number of imide groups is 1. The van der Waals surface area contributed by atoms with Gasteiger partial charge in [-0.2, -0.15) is 0 Å². The lowest BCUT2D eigenvalue weighted by molar-refractivity contribution is 0.0880. The highest BCUT2D eigenvalue weighted by molar-refractivity contribution is 6.32. The molecule has 0 bridgehead atoms. The van der Waals surface area contributed by atoms with Crippen molar-refractivity contribution in [3.05, 3.63) is 65.7 Å². The van der Waals surface area contributed by atoms with Crippen LogP contribution in [0.4, 0.5) is 0 Å². The van der Waals surface area contributed by atoms with Gasteiger partial charge in [-0.05, 0) is 68.9 Å². The number of carbonyl (C=O) groups is 2. The van der Waals surface area contributed by atoms with Crippen molar-refractivity contribution in [2.75, 3.05) is 20.6 Å². The Morgan fingerprint density at radius 1 is 0.853 bits per heavy atom. The number of unbranched alkanes of at least 4 members (excludes halogenated alkanes) is 3. The molecule has 0 spiro atoms. The first-order valence-corrected chi connectivity index (χ1v) is 11.8. The molecule has 4 aromatic rings. The average molecular weight is 456 g/mol. The highest BCUT2D eigenvalue weighted by Gasteiger charge is 2.34. The molecule has 0 unspecified atom stereocenters. The fourth-order valence-corrected chi connectivity index (χ4v) is 5.07. The number of aryl methyl sites for hydroxylation is 1. The number of hydrogen-bond donors (Lipinski definition) is 2. The van der Waals surface area contributed by atoms with Crippen LogP contribution in [0.1, 0.15) is 46.4 Å². The van der Waals surface area contributed by atoms with Gasteiger partial charge in [0.2, 0.25) is 0 Å². The van der Waals surface area contributed by atoms with E-state index in [1.807, 2.05) is 42.5 Å². The molecule has 6 heteroatoms. The molecule has 1 aromatic heterocycles. The molecule has 0 saturated heterocycles. The number of phenolic OH excluding ortho intramolecular Hbond substituents is 1. The van der Waals surface area contributed by atoms with Crippen molar-refractivity contribution >= 4 is 33.6 Å². The molecule has 0 radical (unpaired) electrons. The fourth-order valence-electron chi connectivity index (χ4n) is 5.07. The van der Waals surface area contributed by atoms with E-state index in [9.17, 15) is 14.7 Å². The van der Waals surface area contributed by atoms with Gasteiger partial charge in [0.15, 0.2) is 0 Å². The van der Waals surface area contributed by atoms with Crippen molar-refractivity contribution in [3.63, 3.8) is 0 Å². The van der Waals surface area contributed by atoms with Gasteiger partial charge in [0.25, 0.3) is 11.8 Å². The van der Waals surface area contributed by atoms with Gasteiger partial charge in [-0.25, -0.2) is 0 Å². The maximum atomic E-state index is 13.0. The van der Waals surface area contributed by atoms with Crippen molar-refractivity contribution in [1.29, 1.82) is 0 Å². The van der Waals surface area contributed by atoms with E-state index in [1.165, 1.54) is 6.42 Å². The lowest BCUT2D eigenvalue weighted by atomic mass is 9.93. The third-order valence-electron chi connectivity index (χ3n) is 6.64. The van der Waals surface area contributed by atoms with Crippen LogP contribution in [0.3, 0.4) is 0 Å². The van der Waals surface area contributed by atoms with Crippen molar-refractivity contribution in [2.45, 2.75) is 32.2 Å². The van der Waals surface area contributed by atoms with E-state index in [0.29, 0.717) is 11.1 Å². The van der Waals surface area contributed by atoms with Gasteiger partial charge in [-0.3, -0.25) is 14.9 Å². The number of nitrogens with one attached hydrogen (secondary N) is 1. The molecule has 0 saturated carbocycles. The topological polar surface area (TPSA) is 74.6 Å². The summed E-state index contributed by atoms with van der Waals surface area (Å²) in [6, 6.07) is 17.0. The Morgan fingerprint density at radius 2 is 1.59 bits per heavy atom. The number of rotatable bonds is 8.